The average molecular weight is 753 g/mol. The van der Waals surface area contributed by atoms with Crippen LogP contribution in [-0.4, -0.2) is 19.5 Å². The Bertz CT molecular complexity index is 3260. The molecule has 0 N–H and O–H groups in total. The quantitative estimate of drug-likeness (QED) is 0.163. The Kier molecular flexibility index (Phi) is 8.45. The summed E-state index contributed by atoms with van der Waals surface area (Å²) in [5, 5.41) is 4.72. The first-order chi connectivity index (χ1) is 29.2. The van der Waals surface area contributed by atoms with Gasteiger partial charge in [-0.05, 0) is 68.9 Å². The maximum absolute atomic E-state index is 5.24. The first-order valence-corrected chi connectivity index (χ1v) is 19.9. The van der Waals surface area contributed by atoms with E-state index in [1.165, 1.54) is 32.8 Å². The van der Waals surface area contributed by atoms with Gasteiger partial charge >= 0.3 is 0 Å². The van der Waals surface area contributed by atoms with Gasteiger partial charge in [-0.2, -0.15) is 0 Å². The van der Waals surface area contributed by atoms with E-state index in [1.807, 2.05) is 6.07 Å². The van der Waals surface area contributed by atoms with Crippen LogP contribution in [0.5, 0.6) is 0 Å². The van der Waals surface area contributed by atoms with Gasteiger partial charge in [0.25, 0.3) is 0 Å². The molecule has 2 aromatic heterocycles. The van der Waals surface area contributed by atoms with Crippen molar-refractivity contribution in [3.05, 3.63) is 218 Å². The van der Waals surface area contributed by atoms with Gasteiger partial charge < -0.3 is 4.57 Å². The van der Waals surface area contributed by atoms with Crippen molar-refractivity contribution in [3.8, 4) is 73.2 Å². The van der Waals surface area contributed by atoms with E-state index in [-0.39, 0.29) is 0 Å². The number of para-hydroxylation sites is 2. The molecular formula is C55H36N4. The van der Waals surface area contributed by atoms with Gasteiger partial charge in [-0.1, -0.05) is 188 Å². The summed E-state index contributed by atoms with van der Waals surface area (Å²) in [6.45, 7) is 0. The Balaban J connectivity index is 1.13. The molecule has 0 aliphatic carbocycles. The number of rotatable bonds is 7. The van der Waals surface area contributed by atoms with Crippen LogP contribution >= 0.6 is 0 Å². The predicted molar refractivity (Wildman–Crippen MR) is 244 cm³/mol. The Labute approximate surface area is 342 Å². The Morgan fingerprint density at radius 1 is 0.271 bits per heavy atom. The third-order valence-electron chi connectivity index (χ3n) is 11.3. The second-order valence-electron chi connectivity index (χ2n) is 14.9. The molecule has 0 saturated heterocycles. The van der Waals surface area contributed by atoms with E-state index in [0.717, 1.165) is 55.5 Å². The summed E-state index contributed by atoms with van der Waals surface area (Å²) in [7, 11) is 0. The molecule has 0 fully saturated rings. The minimum Gasteiger partial charge on any atom is -0.309 e. The summed E-state index contributed by atoms with van der Waals surface area (Å²) in [6.07, 6.45) is 0. The highest BCUT2D eigenvalue weighted by molar-refractivity contribution is 6.10. The molecule has 2 heterocycles. The maximum atomic E-state index is 5.24. The first-order valence-electron chi connectivity index (χ1n) is 19.9. The SMILES string of the molecule is c1ccc(-c2ccc(-c3nc(-c4ccc(-c5cccc(-c6ccccc6)c5)c(-n5c6ccccc6c6ccccc65)c4)nc(-c4ccc5ccccc5c4)n3)cc2)cc1. The van der Waals surface area contributed by atoms with E-state index in [0.29, 0.717) is 17.5 Å². The van der Waals surface area contributed by atoms with E-state index >= 15 is 0 Å². The zero-order chi connectivity index (χ0) is 39.1. The maximum Gasteiger partial charge on any atom is 0.164 e. The molecule has 0 amide bonds. The van der Waals surface area contributed by atoms with Crippen molar-refractivity contribution >= 4 is 32.6 Å². The summed E-state index contributed by atoms with van der Waals surface area (Å²) in [4.78, 5) is 15.6. The van der Waals surface area contributed by atoms with Gasteiger partial charge in [-0.3, -0.25) is 0 Å². The van der Waals surface area contributed by atoms with E-state index in [1.54, 1.807) is 0 Å². The van der Waals surface area contributed by atoms with Gasteiger partial charge in [0, 0.05) is 33.0 Å². The van der Waals surface area contributed by atoms with Gasteiger partial charge in [-0.25, -0.2) is 15.0 Å². The van der Waals surface area contributed by atoms with Crippen LogP contribution in [0.4, 0.5) is 0 Å². The van der Waals surface area contributed by atoms with Crippen LogP contribution in [-0.2, 0) is 0 Å². The summed E-state index contributed by atoms with van der Waals surface area (Å²) >= 11 is 0. The number of fused-ring (bicyclic) bond motifs is 4. The molecular weight excluding hydrogens is 717 g/mol. The molecule has 4 heteroatoms. The van der Waals surface area contributed by atoms with Crippen molar-refractivity contribution < 1.29 is 0 Å². The molecule has 0 bridgehead atoms. The zero-order valence-electron chi connectivity index (χ0n) is 32.1. The van der Waals surface area contributed by atoms with Crippen molar-refractivity contribution in [2.75, 3.05) is 0 Å². The van der Waals surface area contributed by atoms with E-state index < -0.39 is 0 Å². The van der Waals surface area contributed by atoms with Crippen molar-refractivity contribution in [1.29, 1.82) is 0 Å². The lowest BCUT2D eigenvalue weighted by Crippen LogP contribution is -2.02. The van der Waals surface area contributed by atoms with Crippen LogP contribution in [0.3, 0.4) is 0 Å². The van der Waals surface area contributed by atoms with E-state index in [4.69, 9.17) is 15.0 Å². The summed E-state index contributed by atoms with van der Waals surface area (Å²) in [6, 6.07) is 77.1. The molecule has 0 aliphatic heterocycles. The van der Waals surface area contributed by atoms with E-state index in [9.17, 15) is 0 Å². The second-order valence-corrected chi connectivity index (χ2v) is 14.9. The summed E-state index contributed by atoms with van der Waals surface area (Å²) in [5.41, 5.74) is 13.0. The Morgan fingerprint density at radius 2 is 0.729 bits per heavy atom. The molecule has 0 aliphatic rings. The fraction of sp³-hybridized carbons (Fsp3) is 0. The number of aromatic nitrogens is 4. The topological polar surface area (TPSA) is 43.6 Å². The van der Waals surface area contributed by atoms with E-state index in [2.05, 4.69) is 217 Å². The highest BCUT2D eigenvalue weighted by atomic mass is 15.0. The van der Waals surface area contributed by atoms with Crippen LogP contribution in [0.2, 0.25) is 0 Å². The third kappa shape index (κ3) is 6.34. The summed E-state index contributed by atoms with van der Waals surface area (Å²) in [5.74, 6) is 1.86. The number of hydrogen-bond acceptors (Lipinski definition) is 3. The largest absolute Gasteiger partial charge is 0.309 e. The molecule has 59 heavy (non-hydrogen) atoms. The highest BCUT2D eigenvalue weighted by Gasteiger charge is 2.19. The monoisotopic (exact) mass is 752 g/mol. The van der Waals surface area contributed by atoms with Gasteiger partial charge in [0.05, 0.1) is 16.7 Å². The minimum atomic E-state index is 0.608. The predicted octanol–water partition coefficient (Wildman–Crippen LogP) is 14.1. The molecule has 0 atom stereocenters. The molecule has 0 unspecified atom stereocenters. The molecule has 11 aromatic rings. The Hall–Kier alpha value is -7.95. The average Bonchev–Trinajstić information content (AvgIpc) is 3.66. The number of hydrogen-bond donors (Lipinski definition) is 0. The first kappa shape index (κ1) is 34.3. The van der Waals surface area contributed by atoms with Crippen molar-refractivity contribution in [2.24, 2.45) is 0 Å². The smallest absolute Gasteiger partial charge is 0.164 e. The van der Waals surface area contributed by atoms with Gasteiger partial charge in [0.1, 0.15) is 0 Å². The fourth-order valence-corrected chi connectivity index (χ4v) is 8.31. The van der Waals surface area contributed by atoms with Crippen LogP contribution in [0.15, 0.2) is 218 Å². The normalized spacial score (nSPS) is 11.4. The van der Waals surface area contributed by atoms with Crippen molar-refractivity contribution in [2.45, 2.75) is 0 Å². The highest BCUT2D eigenvalue weighted by Crippen LogP contribution is 2.39. The van der Waals surface area contributed by atoms with Gasteiger partial charge in [0.2, 0.25) is 0 Å². The molecule has 276 valence electrons. The number of benzene rings is 9. The third-order valence-corrected chi connectivity index (χ3v) is 11.3. The second kappa shape index (κ2) is 14.5. The molecule has 0 saturated carbocycles. The molecule has 0 radical (unpaired) electrons. The standard InChI is InChI=1S/C55H36N4/c1-3-14-37(15-4-1)40-26-29-41(30-27-40)53-56-54(45-31-28-39-18-7-8-19-42(39)35-45)58-55(57-53)46-32-33-47(44-21-13-20-43(34-44)38-16-5-2-6-17-38)52(36-46)59-50-24-11-9-22-48(50)49-23-10-12-25-51(49)59/h1-36H. The van der Waals surface area contributed by atoms with Crippen molar-refractivity contribution in [3.63, 3.8) is 0 Å². The van der Waals surface area contributed by atoms with Gasteiger partial charge in [-0.15, -0.1) is 0 Å². The zero-order valence-corrected chi connectivity index (χ0v) is 32.1. The molecule has 11 rings (SSSR count). The minimum absolute atomic E-state index is 0.608. The van der Waals surface area contributed by atoms with Crippen LogP contribution in [0.25, 0.3) is 106 Å². The summed E-state index contributed by atoms with van der Waals surface area (Å²) < 4.78 is 2.40. The molecule has 4 nitrogen and oxygen atoms in total. The van der Waals surface area contributed by atoms with Crippen LogP contribution < -0.4 is 0 Å². The van der Waals surface area contributed by atoms with Crippen molar-refractivity contribution in [1.82, 2.24) is 19.5 Å². The van der Waals surface area contributed by atoms with Crippen LogP contribution in [0, 0.1) is 0 Å². The number of nitrogens with zero attached hydrogens (tertiary/aromatic N) is 4. The lowest BCUT2D eigenvalue weighted by molar-refractivity contribution is 1.07. The molecule has 0 spiro atoms. The van der Waals surface area contributed by atoms with Crippen LogP contribution in [0.1, 0.15) is 0 Å². The van der Waals surface area contributed by atoms with Gasteiger partial charge in [0.15, 0.2) is 17.5 Å². The Morgan fingerprint density at radius 3 is 1.41 bits per heavy atom. The lowest BCUT2D eigenvalue weighted by Gasteiger charge is -2.17. The fourth-order valence-electron chi connectivity index (χ4n) is 8.31. The molecule has 9 aromatic carbocycles. The lowest BCUT2D eigenvalue weighted by atomic mass is 9.96.